The molecular weight excluding hydrogens is 383 g/mol. The summed E-state index contributed by atoms with van der Waals surface area (Å²) >= 11 is 0. The zero-order chi connectivity index (χ0) is 20.5. The number of likely N-dealkylation sites (tertiary alicyclic amines) is 1. The molecule has 3 aromatic heterocycles. The van der Waals surface area contributed by atoms with Crippen LogP contribution in [0.1, 0.15) is 12.8 Å². The number of halogens is 1. The first-order valence-electron chi connectivity index (χ1n) is 9.00. The van der Waals surface area contributed by atoms with E-state index in [0.29, 0.717) is 48.5 Å². The average molecular weight is 402 g/mol. The number of methoxy groups -OCH3 is 1. The van der Waals surface area contributed by atoms with Gasteiger partial charge in [0.05, 0.1) is 12.7 Å². The molecule has 3 aromatic rings. The molecule has 11 heteroatoms. The first kappa shape index (κ1) is 18.8. The molecule has 0 unspecified atom stereocenters. The standard InChI is InChI=1S/C18H19FN6O4/c1-24-16-15(14(23-24)11-8-20-13(28-2)7-12(11)19)21-9-22-17(16)29-10-3-5-25(6-4-10)18(26)27/h7-10H,3-6H2,1-2H3,(H,26,27). The number of hydrogen-bond donors (Lipinski definition) is 1. The van der Waals surface area contributed by atoms with E-state index in [1.165, 1.54) is 35.3 Å². The number of carboxylic acid groups (broad SMARTS) is 1. The van der Waals surface area contributed by atoms with Crippen LogP contribution in [-0.2, 0) is 7.05 Å². The van der Waals surface area contributed by atoms with Crippen molar-refractivity contribution in [2.24, 2.45) is 7.05 Å². The normalized spacial score (nSPS) is 14.9. The summed E-state index contributed by atoms with van der Waals surface area (Å²) < 4.78 is 27.1. The number of aryl methyl sites for hydroxylation is 1. The van der Waals surface area contributed by atoms with E-state index in [4.69, 9.17) is 14.6 Å². The minimum absolute atomic E-state index is 0.165. The van der Waals surface area contributed by atoms with Crippen molar-refractivity contribution < 1.29 is 23.8 Å². The van der Waals surface area contributed by atoms with Gasteiger partial charge in [0, 0.05) is 45.2 Å². The van der Waals surface area contributed by atoms with Crippen molar-refractivity contribution >= 4 is 17.1 Å². The Morgan fingerprint density at radius 3 is 2.69 bits per heavy atom. The van der Waals surface area contributed by atoms with E-state index in [0.717, 1.165) is 0 Å². The smallest absolute Gasteiger partial charge is 0.407 e. The summed E-state index contributed by atoms with van der Waals surface area (Å²) in [6.45, 7) is 0.793. The van der Waals surface area contributed by atoms with Crippen LogP contribution in [0.25, 0.3) is 22.3 Å². The highest BCUT2D eigenvalue weighted by Crippen LogP contribution is 2.33. The Hall–Kier alpha value is -3.50. The van der Waals surface area contributed by atoms with Gasteiger partial charge in [0.1, 0.15) is 35.0 Å². The van der Waals surface area contributed by atoms with Crippen molar-refractivity contribution in [2.75, 3.05) is 20.2 Å². The van der Waals surface area contributed by atoms with Crippen molar-refractivity contribution in [1.29, 1.82) is 0 Å². The second kappa shape index (κ2) is 7.49. The summed E-state index contributed by atoms with van der Waals surface area (Å²) in [6.07, 6.45) is 2.68. The summed E-state index contributed by atoms with van der Waals surface area (Å²) in [7, 11) is 3.11. The SMILES string of the molecule is COc1cc(F)c(-c2nn(C)c3c(OC4CCN(C(=O)O)CC4)ncnc23)cn1. The molecule has 0 bridgehead atoms. The van der Waals surface area contributed by atoms with Gasteiger partial charge in [-0.3, -0.25) is 4.68 Å². The Morgan fingerprint density at radius 1 is 1.28 bits per heavy atom. The highest BCUT2D eigenvalue weighted by molar-refractivity contribution is 5.92. The number of pyridine rings is 1. The Balaban J connectivity index is 1.66. The molecule has 0 saturated carbocycles. The molecule has 29 heavy (non-hydrogen) atoms. The lowest BCUT2D eigenvalue weighted by Gasteiger charge is -2.29. The average Bonchev–Trinajstić information content (AvgIpc) is 3.05. The predicted octanol–water partition coefficient (Wildman–Crippen LogP) is 2.09. The van der Waals surface area contributed by atoms with Crippen molar-refractivity contribution in [3.8, 4) is 23.0 Å². The molecule has 0 atom stereocenters. The maximum Gasteiger partial charge on any atom is 0.407 e. The number of ether oxygens (including phenoxy) is 2. The van der Waals surface area contributed by atoms with Gasteiger partial charge in [0.25, 0.3) is 0 Å². The van der Waals surface area contributed by atoms with Crippen LogP contribution >= 0.6 is 0 Å². The second-order valence-electron chi connectivity index (χ2n) is 6.64. The Bertz CT molecular complexity index is 1060. The van der Waals surface area contributed by atoms with E-state index < -0.39 is 11.9 Å². The maximum absolute atomic E-state index is 14.5. The van der Waals surface area contributed by atoms with E-state index in [9.17, 15) is 9.18 Å². The van der Waals surface area contributed by atoms with E-state index in [1.54, 1.807) is 7.05 Å². The Labute approximate surface area is 164 Å². The van der Waals surface area contributed by atoms with E-state index in [-0.39, 0.29) is 17.5 Å². The molecule has 0 aliphatic carbocycles. The van der Waals surface area contributed by atoms with Gasteiger partial charge in [0.15, 0.2) is 0 Å². The number of aromatic nitrogens is 5. The minimum Gasteiger partial charge on any atom is -0.481 e. The first-order chi connectivity index (χ1) is 14.0. The summed E-state index contributed by atoms with van der Waals surface area (Å²) in [5.74, 6) is -0.0382. The lowest BCUT2D eigenvalue weighted by atomic mass is 10.1. The van der Waals surface area contributed by atoms with E-state index in [1.807, 2.05) is 0 Å². The summed E-state index contributed by atoms with van der Waals surface area (Å²) in [4.78, 5) is 24.9. The summed E-state index contributed by atoms with van der Waals surface area (Å²) in [6, 6.07) is 1.19. The first-order valence-corrected chi connectivity index (χ1v) is 9.00. The Morgan fingerprint density at radius 2 is 2.03 bits per heavy atom. The van der Waals surface area contributed by atoms with Gasteiger partial charge in [-0.05, 0) is 0 Å². The number of rotatable bonds is 4. The number of piperidine rings is 1. The molecule has 152 valence electrons. The molecule has 0 spiro atoms. The molecular formula is C18H19FN6O4. The van der Waals surface area contributed by atoms with Crippen LogP contribution < -0.4 is 9.47 Å². The van der Waals surface area contributed by atoms with Gasteiger partial charge in [0.2, 0.25) is 11.8 Å². The van der Waals surface area contributed by atoms with Crippen LogP contribution in [-0.4, -0.2) is 67.1 Å². The number of fused-ring (bicyclic) bond motifs is 1. The predicted molar refractivity (Wildman–Crippen MR) is 99.3 cm³/mol. The van der Waals surface area contributed by atoms with Gasteiger partial charge in [-0.15, -0.1) is 0 Å². The third kappa shape index (κ3) is 3.50. The van der Waals surface area contributed by atoms with Crippen LogP contribution in [0.4, 0.5) is 9.18 Å². The highest BCUT2D eigenvalue weighted by atomic mass is 19.1. The maximum atomic E-state index is 14.5. The van der Waals surface area contributed by atoms with Crippen molar-refractivity contribution in [3.05, 3.63) is 24.4 Å². The second-order valence-corrected chi connectivity index (χ2v) is 6.64. The Kier molecular flexibility index (Phi) is 4.87. The fraction of sp³-hybridized carbons (Fsp3) is 0.389. The van der Waals surface area contributed by atoms with Crippen molar-refractivity contribution in [3.63, 3.8) is 0 Å². The lowest BCUT2D eigenvalue weighted by Crippen LogP contribution is -2.41. The highest BCUT2D eigenvalue weighted by Gasteiger charge is 2.26. The molecule has 4 rings (SSSR count). The lowest BCUT2D eigenvalue weighted by molar-refractivity contribution is 0.0877. The molecule has 1 aliphatic rings. The topological polar surface area (TPSA) is 115 Å². The van der Waals surface area contributed by atoms with Crippen LogP contribution in [0.3, 0.4) is 0 Å². The minimum atomic E-state index is -0.931. The number of hydrogen-bond acceptors (Lipinski definition) is 7. The quantitative estimate of drug-likeness (QED) is 0.705. The molecule has 1 fully saturated rings. The zero-order valence-electron chi connectivity index (χ0n) is 15.9. The molecule has 4 heterocycles. The molecule has 1 N–H and O–H groups in total. The van der Waals surface area contributed by atoms with Crippen molar-refractivity contribution in [2.45, 2.75) is 18.9 Å². The number of nitrogens with zero attached hydrogens (tertiary/aromatic N) is 6. The molecule has 0 radical (unpaired) electrons. The number of carbonyl (C=O) groups is 1. The van der Waals surface area contributed by atoms with Crippen LogP contribution in [0, 0.1) is 5.82 Å². The van der Waals surface area contributed by atoms with E-state index in [2.05, 4.69) is 20.1 Å². The fourth-order valence-corrected chi connectivity index (χ4v) is 3.36. The third-order valence-electron chi connectivity index (χ3n) is 4.87. The van der Waals surface area contributed by atoms with Gasteiger partial charge in [-0.1, -0.05) is 0 Å². The van der Waals surface area contributed by atoms with Gasteiger partial charge in [-0.2, -0.15) is 10.1 Å². The third-order valence-corrected chi connectivity index (χ3v) is 4.87. The molecule has 0 aromatic carbocycles. The fourth-order valence-electron chi connectivity index (χ4n) is 3.36. The van der Waals surface area contributed by atoms with Gasteiger partial charge < -0.3 is 19.5 Å². The number of amides is 1. The summed E-state index contributed by atoms with van der Waals surface area (Å²) in [5.41, 5.74) is 1.48. The largest absolute Gasteiger partial charge is 0.481 e. The van der Waals surface area contributed by atoms with Crippen LogP contribution in [0.5, 0.6) is 11.8 Å². The van der Waals surface area contributed by atoms with Crippen molar-refractivity contribution in [1.82, 2.24) is 29.6 Å². The monoisotopic (exact) mass is 402 g/mol. The molecule has 1 saturated heterocycles. The van der Waals surface area contributed by atoms with Crippen LogP contribution in [0.2, 0.25) is 0 Å². The van der Waals surface area contributed by atoms with Gasteiger partial charge in [-0.25, -0.2) is 19.2 Å². The molecule has 1 aliphatic heterocycles. The molecule has 1 amide bonds. The molecule has 10 nitrogen and oxygen atoms in total. The van der Waals surface area contributed by atoms with E-state index >= 15 is 0 Å². The van der Waals surface area contributed by atoms with Gasteiger partial charge >= 0.3 is 6.09 Å². The summed E-state index contributed by atoms with van der Waals surface area (Å²) in [5, 5.41) is 13.5. The van der Waals surface area contributed by atoms with Crippen LogP contribution in [0.15, 0.2) is 18.6 Å². The zero-order valence-corrected chi connectivity index (χ0v) is 15.9.